The summed E-state index contributed by atoms with van der Waals surface area (Å²) >= 11 is 0. The van der Waals surface area contributed by atoms with Crippen molar-refractivity contribution < 1.29 is 27.8 Å². The van der Waals surface area contributed by atoms with E-state index in [0.29, 0.717) is 18.7 Å². The fourth-order valence-corrected chi connectivity index (χ4v) is 4.44. The third-order valence-electron chi connectivity index (χ3n) is 6.28. The van der Waals surface area contributed by atoms with Crippen molar-refractivity contribution in [3.8, 4) is 11.5 Å². The Morgan fingerprint density at radius 3 is 2.66 bits per heavy atom. The Labute approximate surface area is 201 Å². The van der Waals surface area contributed by atoms with Gasteiger partial charge in [0.1, 0.15) is 23.2 Å². The van der Waals surface area contributed by atoms with E-state index in [1.807, 2.05) is 6.08 Å². The SMILES string of the molecule is NC1=C/C=C(/C2CCN(C(=O)c3cc(F)c(Oc4ccc(F)cc4)cc3F)[C@H](CO)C2)CCC=N1. The molecule has 6 nitrogen and oxygen atoms in total. The second-order valence-electron chi connectivity index (χ2n) is 8.56. The number of hydrogen-bond acceptors (Lipinski definition) is 5. The molecule has 4 rings (SSSR count). The highest BCUT2D eigenvalue weighted by Crippen LogP contribution is 2.34. The van der Waals surface area contributed by atoms with Crippen LogP contribution in [0.25, 0.3) is 0 Å². The number of nitrogens with two attached hydrogens (primary N) is 1. The van der Waals surface area contributed by atoms with Gasteiger partial charge in [0, 0.05) is 18.8 Å². The maximum atomic E-state index is 14.9. The van der Waals surface area contributed by atoms with Gasteiger partial charge >= 0.3 is 0 Å². The molecule has 2 atom stereocenters. The molecule has 2 heterocycles. The standard InChI is InChI=1S/C26H26F3N3O3/c27-18-4-6-20(7-5-18)35-24-14-22(28)21(13-23(24)29)26(34)32-11-9-17(12-19(32)15-33)16-2-1-10-31-25(30)8-3-16/h3-8,10,13-14,17,19,33H,1-2,9,11-12,15,30H2/b16-3+,25-8?,31-10?/t17?,19-/m0/s1. The van der Waals surface area contributed by atoms with E-state index < -0.39 is 40.7 Å². The Hall–Kier alpha value is -3.59. The summed E-state index contributed by atoms with van der Waals surface area (Å²) in [5.74, 6) is -2.83. The number of halogens is 3. The molecule has 184 valence electrons. The lowest BCUT2D eigenvalue weighted by atomic mass is 9.82. The quantitative estimate of drug-likeness (QED) is 0.643. The lowest BCUT2D eigenvalue weighted by molar-refractivity contribution is 0.0437. The number of ether oxygens (including phenoxy) is 1. The fraction of sp³-hybridized carbons (Fsp3) is 0.308. The summed E-state index contributed by atoms with van der Waals surface area (Å²) in [5, 5.41) is 9.99. The van der Waals surface area contributed by atoms with Gasteiger partial charge in [0.2, 0.25) is 0 Å². The van der Waals surface area contributed by atoms with Crippen molar-refractivity contribution in [2.24, 2.45) is 16.6 Å². The van der Waals surface area contributed by atoms with Gasteiger partial charge in [-0.15, -0.1) is 0 Å². The third-order valence-corrected chi connectivity index (χ3v) is 6.28. The molecule has 0 radical (unpaired) electrons. The average Bonchev–Trinajstić information content (AvgIpc) is 2.84. The number of allylic oxidation sites excluding steroid dienone is 3. The normalized spacial score (nSPS) is 22.0. The lowest BCUT2D eigenvalue weighted by Crippen LogP contribution is -2.48. The van der Waals surface area contributed by atoms with Crippen molar-refractivity contribution in [1.82, 2.24) is 4.90 Å². The Morgan fingerprint density at radius 2 is 1.91 bits per heavy atom. The number of aliphatic imine (C=N–C) groups is 1. The highest BCUT2D eigenvalue weighted by atomic mass is 19.1. The molecule has 1 amide bonds. The predicted octanol–water partition coefficient (Wildman–Crippen LogP) is 4.70. The second kappa shape index (κ2) is 10.8. The van der Waals surface area contributed by atoms with Crippen LogP contribution in [-0.4, -0.2) is 41.3 Å². The molecule has 0 spiro atoms. The van der Waals surface area contributed by atoms with E-state index in [0.717, 1.165) is 42.7 Å². The van der Waals surface area contributed by atoms with Crippen LogP contribution in [0.4, 0.5) is 13.2 Å². The molecule has 0 saturated carbocycles. The number of carbonyl (C=O) groups is 1. The summed E-state index contributed by atoms with van der Waals surface area (Å²) in [6.45, 7) is -0.0148. The van der Waals surface area contributed by atoms with Gasteiger partial charge in [0.05, 0.1) is 18.2 Å². The van der Waals surface area contributed by atoms with Gasteiger partial charge in [-0.2, -0.15) is 0 Å². The van der Waals surface area contributed by atoms with Crippen LogP contribution < -0.4 is 10.5 Å². The molecule has 3 N–H and O–H groups in total. The summed E-state index contributed by atoms with van der Waals surface area (Å²) in [5.41, 5.74) is 6.51. The Kier molecular flexibility index (Phi) is 7.55. The number of likely N-dealkylation sites (tertiary alicyclic amines) is 1. The minimum absolute atomic E-state index is 0.123. The Morgan fingerprint density at radius 1 is 1.14 bits per heavy atom. The summed E-state index contributed by atoms with van der Waals surface area (Å²) in [7, 11) is 0. The first-order valence-corrected chi connectivity index (χ1v) is 11.4. The molecule has 1 saturated heterocycles. The summed E-state index contributed by atoms with van der Waals surface area (Å²) < 4.78 is 47.9. The Balaban J connectivity index is 1.49. The van der Waals surface area contributed by atoms with Crippen LogP contribution >= 0.6 is 0 Å². The molecule has 0 aromatic heterocycles. The lowest BCUT2D eigenvalue weighted by Gasteiger charge is -2.39. The number of rotatable bonds is 5. The molecule has 2 aromatic rings. The highest BCUT2D eigenvalue weighted by molar-refractivity contribution is 5.95. The van der Waals surface area contributed by atoms with E-state index >= 15 is 0 Å². The van der Waals surface area contributed by atoms with Gasteiger partial charge in [0.15, 0.2) is 11.6 Å². The van der Waals surface area contributed by atoms with Crippen LogP contribution in [0.1, 0.15) is 36.0 Å². The van der Waals surface area contributed by atoms with Crippen LogP contribution in [0.3, 0.4) is 0 Å². The molecular weight excluding hydrogens is 459 g/mol. The molecular formula is C26H26F3N3O3. The van der Waals surface area contributed by atoms with E-state index in [4.69, 9.17) is 10.5 Å². The molecule has 9 heteroatoms. The minimum atomic E-state index is -0.949. The van der Waals surface area contributed by atoms with Crippen LogP contribution in [-0.2, 0) is 0 Å². The summed E-state index contributed by atoms with van der Waals surface area (Å²) in [6, 6.07) is 5.87. The number of aliphatic hydroxyl groups excluding tert-OH is 1. The van der Waals surface area contributed by atoms with Crippen molar-refractivity contribution in [3.63, 3.8) is 0 Å². The second-order valence-corrected chi connectivity index (χ2v) is 8.56. The van der Waals surface area contributed by atoms with Crippen LogP contribution in [0, 0.1) is 23.4 Å². The van der Waals surface area contributed by atoms with Crippen molar-refractivity contribution in [2.75, 3.05) is 13.2 Å². The summed E-state index contributed by atoms with van der Waals surface area (Å²) in [4.78, 5) is 18.6. The minimum Gasteiger partial charge on any atom is -0.454 e. The van der Waals surface area contributed by atoms with E-state index in [2.05, 4.69) is 4.99 Å². The zero-order valence-corrected chi connectivity index (χ0v) is 19.0. The van der Waals surface area contributed by atoms with Crippen molar-refractivity contribution in [1.29, 1.82) is 0 Å². The fourth-order valence-electron chi connectivity index (χ4n) is 4.44. The number of nitrogens with zero attached hydrogens (tertiary/aromatic N) is 2. The third kappa shape index (κ3) is 5.74. The highest BCUT2D eigenvalue weighted by Gasteiger charge is 2.34. The number of piperidine rings is 1. The maximum Gasteiger partial charge on any atom is 0.257 e. The van der Waals surface area contributed by atoms with Gasteiger partial charge in [-0.1, -0.05) is 11.6 Å². The van der Waals surface area contributed by atoms with Gasteiger partial charge in [-0.3, -0.25) is 4.79 Å². The smallest absolute Gasteiger partial charge is 0.257 e. The zero-order chi connectivity index (χ0) is 24.9. The van der Waals surface area contributed by atoms with Crippen LogP contribution in [0.5, 0.6) is 11.5 Å². The van der Waals surface area contributed by atoms with Gasteiger partial charge in [-0.25, -0.2) is 18.2 Å². The molecule has 0 bridgehead atoms. The predicted molar refractivity (Wildman–Crippen MR) is 126 cm³/mol. The number of hydrogen-bond donors (Lipinski definition) is 2. The largest absolute Gasteiger partial charge is 0.454 e. The Bertz CT molecular complexity index is 1180. The molecule has 1 unspecified atom stereocenters. The molecule has 2 aliphatic rings. The first-order chi connectivity index (χ1) is 16.9. The van der Waals surface area contributed by atoms with E-state index in [1.54, 1.807) is 12.3 Å². The van der Waals surface area contributed by atoms with Crippen LogP contribution in [0.15, 0.2) is 64.9 Å². The molecule has 0 aliphatic carbocycles. The zero-order valence-electron chi connectivity index (χ0n) is 19.0. The number of carbonyl (C=O) groups excluding carboxylic acids is 1. The van der Waals surface area contributed by atoms with Crippen LogP contribution in [0.2, 0.25) is 0 Å². The topological polar surface area (TPSA) is 88.2 Å². The average molecular weight is 486 g/mol. The van der Waals surface area contributed by atoms with E-state index in [1.165, 1.54) is 17.0 Å². The van der Waals surface area contributed by atoms with Gasteiger partial charge in [-0.05, 0) is 68.0 Å². The number of benzene rings is 2. The van der Waals surface area contributed by atoms with Crippen molar-refractivity contribution in [2.45, 2.75) is 31.7 Å². The monoisotopic (exact) mass is 485 g/mol. The molecule has 1 fully saturated rings. The van der Waals surface area contributed by atoms with E-state index in [-0.39, 0.29) is 24.8 Å². The number of amides is 1. The van der Waals surface area contributed by atoms with Gasteiger partial charge < -0.3 is 20.5 Å². The van der Waals surface area contributed by atoms with Gasteiger partial charge in [0.25, 0.3) is 5.91 Å². The number of aliphatic hydroxyl groups is 1. The molecule has 2 aliphatic heterocycles. The first kappa shape index (κ1) is 24.5. The summed E-state index contributed by atoms with van der Waals surface area (Å²) in [6.07, 6.45) is 8.09. The maximum absolute atomic E-state index is 14.9. The van der Waals surface area contributed by atoms with Crippen molar-refractivity contribution in [3.05, 3.63) is 83.0 Å². The van der Waals surface area contributed by atoms with E-state index in [9.17, 15) is 23.1 Å². The first-order valence-electron chi connectivity index (χ1n) is 11.4. The van der Waals surface area contributed by atoms with Crippen molar-refractivity contribution >= 4 is 12.1 Å². The molecule has 35 heavy (non-hydrogen) atoms. The molecule has 2 aromatic carbocycles.